The Morgan fingerprint density at radius 1 is 0.588 bits per heavy atom. The zero-order valence-corrected chi connectivity index (χ0v) is 22.7. The van der Waals surface area contributed by atoms with Crippen LogP contribution in [-0.4, -0.2) is 0 Å². The predicted octanol–water partition coefficient (Wildman–Crippen LogP) is 3.01. The van der Waals surface area contributed by atoms with Gasteiger partial charge >= 0.3 is 195 Å². The third kappa shape index (κ3) is 3.16. The first-order valence-corrected chi connectivity index (χ1v) is 16.1. The first-order chi connectivity index (χ1) is 15.7. The maximum atomic E-state index is 2.54. The third-order valence-electron chi connectivity index (χ3n) is 8.72. The molecule has 3 aliphatic rings. The summed E-state index contributed by atoms with van der Waals surface area (Å²) in [5.41, 5.74) is 9.59. The van der Waals surface area contributed by atoms with Gasteiger partial charge in [0.1, 0.15) is 0 Å². The molecule has 2 unspecified atom stereocenters. The van der Waals surface area contributed by atoms with E-state index in [2.05, 4.69) is 98.8 Å². The molecule has 2 atom stereocenters. The standard InChI is InChI=1S/2C14H11.C3H6.2ClH.Ti/c2*1-10-8-12-7-6-11-4-2-3-5-13(11)14(12)9-10;1-3-2;;;/h2*2-9H,1H3;1-3H2;2*1H;/q;;;;;+2/p-2. The molecule has 170 valence electrons. The van der Waals surface area contributed by atoms with Crippen molar-refractivity contribution < 1.29 is 41.4 Å². The summed E-state index contributed by atoms with van der Waals surface area (Å²) >= 11 is -2.29. The second-order valence-electron chi connectivity index (χ2n) is 10.3. The Bertz CT molecular complexity index is 1380. The second-order valence-corrected chi connectivity index (χ2v) is 17.5. The summed E-state index contributed by atoms with van der Waals surface area (Å²) in [5.74, 6) is 0. The molecule has 0 radical (unpaired) electrons. The van der Waals surface area contributed by atoms with Gasteiger partial charge in [-0.15, -0.1) is 0 Å². The largest absolute Gasteiger partial charge is 1.00 e. The maximum Gasteiger partial charge on any atom is -1.00 e. The molecule has 1 aliphatic heterocycles. The topological polar surface area (TPSA) is 0 Å². The average molecular weight is 519 g/mol. The minimum Gasteiger partial charge on any atom is -1.00 e. The van der Waals surface area contributed by atoms with Crippen LogP contribution in [-0.2, 0) is 16.6 Å². The van der Waals surface area contributed by atoms with Gasteiger partial charge in [0.15, 0.2) is 0 Å². The zero-order chi connectivity index (χ0) is 21.4. The number of allylic oxidation sites excluding steroid dienone is 2. The molecular weight excluding hydrogens is 491 g/mol. The summed E-state index contributed by atoms with van der Waals surface area (Å²) in [6.07, 6.45) is 6.52. The maximum absolute atomic E-state index is 2.54. The van der Waals surface area contributed by atoms with Crippen LogP contribution in [0.15, 0.2) is 83.9 Å². The Balaban J connectivity index is 0.00000120. The van der Waals surface area contributed by atoms with Crippen molar-refractivity contribution in [3.8, 4) is 0 Å². The third-order valence-corrected chi connectivity index (χ3v) is 18.7. The Kier molecular flexibility index (Phi) is 6.10. The summed E-state index contributed by atoms with van der Waals surface area (Å²) in [6.45, 7) is 4.86. The normalized spacial score (nSPS) is 20.6. The van der Waals surface area contributed by atoms with Crippen LogP contribution < -0.4 is 24.8 Å². The van der Waals surface area contributed by atoms with Crippen molar-refractivity contribution in [2.75, 3.05) is 0 Å². The van der Waals surface area contributed by atoms with E-state index in [1.807, 2.05) is 0 Å². The molecule has 0 N–H and O–H groups in total. The van der Waals surface area contributed by atoms with Crippen LogP contribution >= 0.6 is 0 Å². The molecule has 0 nitrogen and oxygen atoms in total. The van der Waals surface area contributed by atoms with Gasteiger partial charge in [0.2, 0.25) is 0 Å². The van der Waals surface area contributed by atoms with Crippen LogP contribution in [0.4, 0.5) is 0 Å². The van der Waals surface area contributed by atoms with Crippen molar-refractivity contribution >= 4 is 33.7 Å². The van der Waals surface area contributed by atoms with Gasteiger partial charge in [-0.1, -0.05) is 0 Å². The molecule has 2 aliphatic carbocycles. The molecule has 0 spiro atoms. The summed E-state index contributed by atoms with van der Waals surface area (Å²) in [6, 6.07) is 27.6. The van der Waals surface area contributed by atoms with Gasteiger partial charge in [-0.25, -0.2) is 0 Å². The SMILES string of the molecule is CC1=Cc2c(ccc3ccccc23)[CH]1[Ti+2]1([CH]2C(C)=Cc3c2ccc2ccccc32)[CH2]C[CH2]1.[Cl-].[Cl-]. The summed E-state index contributed by atoms with van der Waals surface area (Å²) < 4.78 is 4.41. The van der Waals surface area contributed by atoms with Crippen molar-refractivity contribution in [2.45, 2.75) is 38.2 Å². The molecule has 1 fully saturated rings. The molecule has 4 aromatic carbocycles. The molecule has 0 saturated carbocycles. The van der Waals surface area contributed by atoms with E-state index >= 15 is 0 Å². The molecule has 0 aromatic heterocycles. The Hall–Kier alpha value is -1.83. The fraction of sp³-hybridized carbons (Fsp3) is 0.226. The van der Waals surface area contributed by atoms with E-state index in [-0.39, 0.29) is 24.8 Å². The number of hydrogen-bond donors (Lipinski definition) is 0. The average Bonchev–Trinajstić information content (AvgIpc) is 3.31. The fourth-order valence-electron chi connectivity index (χ4n) is 7.42. The molecule has 0 bridgehead atoms. The Morgan fingerprint density at radius 3 is 1.44 bits per heavy atom. The van der Waals surface area contributed by atoms with Crippen molar-refractivity contribution in [2.24, 2.45) is 0 Å². The molecule has 1 saturated heterocycles. The van der Waals surface area contributed by atoms with E-state index in [0.29, 0.717) is 8.45 Å². The van der Waals surface area contributed by atoms with E-state index in [4.69, 9.17) is 0 Å². The fourth-order valence-corrected chi connectivity index (χ4v) is 17.4. The Labute approximate surface area is 218 Å². The number of benzene rings is 4. The van der Waals surface area contributed by atoms with Crippen LogP contribution in [0.25, 0.3) is 33.7 Å². The zero-order valence-electron chi connectivity index (χ0n) is 19.6. The van der Waals surface area contributed by atoms with Crippen molar-refractivity contribution in [3.05, 3.63) is 106 Å². The van der Waals surface area contributed by atoms with E-state index in [9.17, 15) is 0 Å². The van der Waals surface area contributed by atoms with Gasteiger partial charge in [0, 0.05) is 0 Å². The van der Waals surface area contributed by atoms with Crippen molar-refractivity contribution in [1.82, 2.24) is 0 Å². The molecule has 4 aromatic rings. The van der Waals surface area contributed by atoms with Crippen LogP contribution in [0.2, 0.25) is 9.45 Å². The van der Waals surface area contributed by atoms with Gasteiger partial charge < -0.3 is 24.8 Å². The quantitative estimate of drug-likeness (QED) is 0.358. The molecule has 0 amide bonds. The van der Waals surface area contributed by atoms with Crippen LogP contribution in [0, 0.1) is 0 Å². The minimum absolute atomic E-state index is 0. The molecule has 3 heteroatoms. The van der Waals surface area contributed by atoms with Crippen LogP contribution in [0.3, 0.4) is 0 Å². The van der Waals surface area contributed by atoms with Gasteiger partial charge in [0.05, 0.1) is 0 Å². The molecule has 7 rings (SSSR count). The van der Waals surface area contributed by atoms with Crippen LogP contribution in [0.5, 0.6) is 0 Å². The van der Waals surface area contributed by atoms with Gasteiger partial charge in [0.25, 0.3) is 0 Å². The van der Waals surface area contributed by atoms with E-state index in [1.54, 1.807) is 22.3 Å². The number of hydrogen-bond acceptors (Lipinski definition) is 0. The first-order valence-electron chi connectivity index (χ1n) is 12.1. The molecule has 34 heavy (non-hydrogen) atoms. The summed E-state index contributed by atoms with van der Waals surface area (Å²) in [5, 5.41) is 5.63. The smallest absolute Gasteiger partial charge is 1.00 e. The van der Waals surface area contributed by atoms with E-state index < -0.39 is 16.6 Å². The predicted molar refractivity (Wildman–Crippen MR) is 135 cm³/mol. The van der Waals surface area contributed by atoms with E-state index in [1.165, 1.54) is 48.5 Å². The number of halogens is 2. The monoisotopic (exact) mass is 518 g/mol. The Morgan fingerprint density at radius 2 is 1.03 bits per heavy atom. The molecule has 1 heterocycles. The van der Waals surface area contributed by atoms with Crippen molar-refractivity contribution in [3.63, 3.8) is 0 Å². The minimum atomic E-state index is -2.29. The first kappa shape index (κ1) is 23.9. The number of rotatable bonds is 2. The number of fused-ring (bicyclic) bond motifs is 6. The summed E-state index contributed by atoms with van der Waals surface area (Å²) in [4.78, 5) is 0. The second kappa shape index (κ2) is 8.68. The molecular formula is C31H28Cl2Ti. The van der Waals surface area contributed by atoms with Gasteiger partial charge in [-0.05, 0) is 0 Å². The van der Waals surface area contributed by atoms with Gasteiger partial charge in [-0.2, -0.15) is 0 Å². The summed E-state index contributed by atoms with van der Waals surface area (Å²) in [7, 11) is 0. The van der Waals surface area contributed by atoms with Crippen LogP contribution in [0.1, 0.15) is 51.0 Å². The van der Waals surface area contributed by atoms with E-state index in [0.717, 1.165) is 0 Å². The van der Waals surface area contributed by atoms with Gasteiger partial charge in [-0.3, -0.25) is 0 Å². The van der Waals surface area contributed by atoms with Crippen molar-refractivity contribution in [1.29, 1.82) is 0 Å².